The fourth-order valence-electron chi connectivity index (χ4n) is 3.20. The van der Waals surface area contributed by atoms with Crippen LogP contribution in [0.4, 0.5) is 5.95 Å². The van der Waals surface area contributed by atoms with Crippen LogP contribution in [0.15, 0.2) is 34.7 Å². The molecule has 0 spiro atoms. The van der Waals surface area contributed by atoms with Crippen LogP contribution in [0.5, 0.6) is 0 Å². The van der Waals surface area contributed by atoms with E-state index in [1.807, 2.05) is 0 Å². The number of aryl methyl sites for hydroxylation is 2. The van der Waals surface area contributed by atoms with Crippen LogP contribution < -0.4 is 5.32 Å². The summed E-state index contributed by atoms with van der Waals surface area (Å²) in [4.78, 5) is 25.2. The average molecular weight is 464 g/mol. The van der Waals surface area contributed by atoms with Crippen LogP contribution in [0, 0.1) is 13.8 Å². The van der Waals surface area contributed by atoms with Crippen molar-refractivity contribution in [2.24, 2.45) is 0 Å². The van der Waals surface area contributed by atoms with Gasteiger partial charge in [-0.3, -0.25) is 10.1 Å². The van der Waals surface area contributed by atoms with Crippen LogP contribution in [-0.2, 0) is 23.0 Å². The van der Waals surface area contributed by atoms with Crippen molar-refractivity contribution in [3.8, 4) is 0 Å². The molecule has 0 atom stereocenters. The van der Waals surface area contributed by atoms with Gasteiger partial charge < -0.3 is 0 Å². The molecule has 11 heteroatoms. The molecule has 1 aromatic carbocycles. The number of carbonyl (C=O) groups excluding carboxylic acids is 1. The maximum atomic E-state index is 13.0. The van der Waals surface area contributed by atoms with Crippen LogP contribution in [0.3, 0.4) is 0 Å². The third-order valence-electron chi connectivity index (χ3n) is 4.67. The first kappa shape index (κ1) is 20.9. The van der Waals surface area contributed by atoms with Crippen molar-refractivity contribution in [2.45, 2.75) is 31.0 Å². The zero-order valence-electron chi connectivity index (χ0n) is 16.2. The Morgan fingerprint density at radius 1 is 1.20 bits per heavy atom. The maximum absolute atomic E-state index is 13.0. The third-order valence-corrected chi connectivity index (χ3v) is 8.42. The van der Waals surface area contributed by atoms with Crippen molar-refractivity contribution >= 4 is 44.8 Å². The Labute approximate surface area is 183 Å². The maximum Gasteiger partial charge on any atom is 0.258 e. The summed E-state index contributed by atoms with van der Waals surface area (Å²) in [6.07, 6.45) is 1.99. The fourth-order valence-corrected chi connectivity index (χ4v) is 6.36. The Hall–Kier alpha value is -2.40. The Morgan fingerprint density at radius 2 is 1.93 bits per heavy atom. The van der Waals surface area contributed by atoms with Crippen molar-refractivity contribution in [1.29, 1.82) is 0 Å². The number of hydrogen-bond donors (Lipinski definition) is 1. The van der Waals surface area contributed by atoms with Gasteiger partial charge in [0, 0.05) is 41.9 Å². The number of halogens is 1. The van der Waals surface area contributed by atoms with Gasteiger partial charge in [0.2, 0.25) is 5.95 Å². The van der Waals surface area contributed by atoms with Gasteiger partial charge in [-0.25, -0.2) is 23.4 Å². The Bertz CT molecular complexity index is 1230. The molecule has 2 aromatic heterocycles. The van der Waals surface area contributed by atoms with Crippen LogP contribution >= 0.6 is 22.9 Å². The second-order valence-corrected chi connectivity index (χ2v) is 10.6. The number of thiazole rings is 1. The molecular weight excluding hydrogens is 446 g/mol. The Morgan fingerprint density at radius 3 is 2.60 bits per heavy atom. The van der Waals surface area contributed by atoms with E-state index in [0.29, 0.717) is 39.8 Å². The molecule has 156 valence electrons. The molecule has 0 saturated carbocycles. The third kappa shape index (κ3) is 4.08. The predicted octanol–water partition coefficient (Wildman–Crippen LogP) is 3.20. The average Bonchev–Trinajstić information content (AvgIpc) is 3.06. The van der Waals surface area contributed by atoms with E-state index in [4.69, 9.17) is 11.6 Å². The van der Waals surface area contributed by atoms with E-state index in [1.165, 1.54) is 15.6 Å². The van der Waals surface area contributed by atoms with Gasteiger partial charge in [-0.15, -0.1) is 11.3 Å². The van der Waals surface area contributed by atoms with E-state index in [0.717, 1.165) is 5.69 Å². The Balaban J connectivity index is 1.51. The SMILES string of the molecule is Cc1nc(C)c(S(=O)(=O)N2CCc3nc(NC(=O)c4ccc(Cl)cc4)ncc3C2)s1. The van der Waals surface area contributed by atoms with Crippen molar-refractivity contribution in [1.82, 2.24) is 19.3 Å². The summed E-state index contributed by atoms with van der Waals surface area (Å²) in [5.41, 5.74) is 2.39. The zero-order chi connectivity index (χ0) is 21.5. The zero-order valence-corrected chi connectivity index (χ0v) is 18.6. The number of anilines is 1. The van der Waals surface area contributed by atoms with Gasteiger partial charge in [0.05, 0.1) is 16.4 Å². The standard InChI is InChI=1S/C19H18ClN5O3S2/c1-11-18(29-12(2)22-11)30(27,28)25-8-7-16-14(10-25)9-21-19(23-16)24-17(26)13-3-5-15(20)6-4-13/h3-6,9H,7-8,10H2,1-2H3,(H,21,23,24,26). The normalized spacial score (nSPS) is 14.4. The second kappa shape index (κ2) is 8.03. The molecule has 1 aliphatic rings. The molecule has 4 rings (SSSR count). The van der Waals surface area contributed by atoms with E-state index in [2.05, 4.69) is 20.3 Å². The lowest BCUT2D eigenvalue weighted by molar-refractivity contribution is 0.102. The number of carbonyl (C=O) groups is 1. The molecule has 3 aromatic rings. The van der Waals surface area contributed by atoms with E-state index >= 15 is 0 Å². The molecule has 0 fully saturated rings. The number of nitrogens with zero attached hydrogens (tertiary/aromatic N) is 4. The predicted molar refractivity (Wildman–Crippen MR) is 114 cm³/mol. The van der Waals surface area contributed by atoms with Crippen LogP contribution in [0.25, 0.3) is 0 Å². The van der Waals surface area contributed by atoms with Gasteiger partial charge in [0.15, 0.2) is 4.21 Å². The first-order valence-corrected chi connectivity index (χ1v) is 11.7. The monoisotopic (exact) mass is 463 g/mol. The highest BCUT2D eigenvalue weighted by molar-refractivity contribution is 7.91. The van der Waals surface area contributed by atoms with Crippen LogP contribution in [0.2, 0.25) is 5.02 Å². The first-order chi connectivity index (χ1) is 14.2. The summed E-state index contributed by atoms with van der Waals surface area (Å²) in [5.74, 6) is -0.165. The van der Waals surface area contributed by atoms with Crippen molar-refractivity contribution in [3.05, 3.63) is 63.0 Å². The number of fused-ring (bicyclic) bond motifs is 1. The molecule has 0 radical (unpaired) electrons. The minimum Gasteiger partial charge on any atom is -0.290 e. The minimum atomic E-state index is -3.63. The second-order valence-electron chi connectivity index (χ2n) is 6.82. The largest absolute Gasteiger partial charge is 0.290 e. The van der Waals surface area contributed by atoms with Gasteiger partial charge in [-0.2, -0.15) is 4.31 Å². The topological polar surface area (TPSA) is 105 Å². The van der Waals surface area contributed by atoms with Gasteiger partial charge in [-0.1, -0.05) is 11.6 Å². The highest BCUT2D eigenvalue weighted by Crippen LogP contribution is 2.29. The molecular formula is C19H18ClN5O3S2. The smallest absolute Gasteiger partial charge is 0.258 e. The lowest BCUT2D eigenvalue weighted by Gasteiger charge is -2.27. The molecule has 1 N–H and O–H groups in total. The lowest BCUT2D eigenvalue weighted by Crippen LogP contribution is -2.36. The summed E-state index contributed by atoms with van der Waals surface area (Å²) in [5, 5.41) is 3.92. The quantitative estimate of drug-likeness (QED) is 0.637. The number of sulfonamides is 1. The van der Waals surface area contributed by atoms with E-state index < -0.39 is 10.0 Å². The molecule has 0 unspecified atom stereocenters. The molecule has 0 saturated heterocycles. The summed E-state index contributed by atoms with van der Waals surface area (Å²) >= 11 is 7.02. The van der Waals surface area contributed by atoms with Gasteiger partial charge in [-0.05, 0) is 38.1 Å². The molecule has 0 aliphatic carbocycles. The molecule has 30 heavy (non-hydrogen) atoms. The van der Waals surface area contributed by atoms with Crippen LogP contribution in [0.1, 0.15) is 32.3 Å². The molecule has 1 amide bonds. The summed E-state index contributed by atoms with van der Waals surface area (Å²) in [6, 6.07) is 6.49. The minimum absolute atomic E-state index is 0.180. The fraction of sp³-hybridized carbons (Fsp3) is 0.263. The Kier molecular flexibility index (Phi) is 5.58. The number of rotatable bonds is 4. The molecule has 0 bridgehead atoms. The van der Waals surface area contributed by atoms with Gasteiger partial charge >= 0.3 is 0 Å². The number of aromatic nitrogens is 3. The van der Waals surface area contributed by atoms with E-state index in [9.17, 15) is 13.2 Å². The van der Waals surface area contributed by atoms with E-state index in [-0.39, 0.29) is 22.6 Å². The highest BCUT2D eigenvalue weighted by Gasteiger charge is 2.32. The lowest BCUT2D eigenvalue weighted by atomic mass is 10.1. The number of amides is 1. The summed E-state index contributed by atoms with van der Waals surface area (Å²) < 4.78 is 27.7. The van der Waals surface area contributed by atoms with Gasteiger partial charge in [0.1, 0.15) is 0 Å². The summed E-state index contributed by atoms with van der Waals surface area (Å²) in [6.45, 7) is 3.97. The van der Waals surface area contributed by atoms with Crippen LogP contribution in [-0.4, -0.2) is 40.1 Å². The molecule has 8 nitrogen and oxygen atoms in total. The molecule has 3 heterocycles. The van der Waals surface area contributed by atoms with Gasteiger partial charge in [0.25, 0.3) is 15.9 Å². The molecule has 1 aliphatic heterocycles. The number of nitrogens with one attached hydrogen (secondary N) is 1. The van der Waals surface area contributed by atoms with E-state index in [1.54, 1.807) is 44.3 Å². The van der Waals surface area contributed by atoms with Crippen molar-refractivity contribution in [3.63, 3.8) is 0 Å². The highest BCUT2D eigenvalue weighted by atomic mass is 35.5. The number of hydrogen-bond acceptors (Lipinski definition) is 7. The summed E-state index contributed by atoms with van der Waals surface area (Å²) in [7, 11) is -3.63. The number of benzene rings is 1. The van der Waals surface area contributed by atoms with Crippen molar-refractivity contribution in [2.75, 3.05) is 11.9 Å². The first-order valence-electron chi connectivity index (χ1n) is 9.10. The van der Waals surface area contributed by atoms with Crippen molar-refractivity contribution < 1.29 is 13.2 Å².